The van der Waals surface area contributed by atoms with Crippen LogP contribution < -0.4 is 0 Å². The Kier molecular flexibility index (Phi) is 4.43. The minimum atomic E-state index is 0.0623. The first-order valence-electron chi connectivity index (χ1n) is 8.78. The molecule has 2 aliphatic rings. The molecule has 2 heteroatoms. The zero-order chi connectivity index (χ0) is 16.4. The standard InChI is InChI=1S/C21H27NO/c1-4-5-12-22-13-11-17(16-9-7-6-8-10-16)20-18(22)14-21(2,3)15-19(20)23/h6-11,13,17H,4-5,12,14-15H2,1-3H3. The van der Waals surface area contributed by atoms with Crippen LogP contribution in [0.1, 0.15) is 57.9 Å². The fraction of sp³-hybridized carbons (Fsp3) is 0.476. The summed E-state index contributed by atoms with van der Waals surface area (Å²) in [5, 5.41) is 0. The Balaban J connectivity index is 2.02. The zero-order valence-electron chi connectivity index (χ0n) is 14.5. The lowest BCUT2D eigenvalue weighted by atomic mass is 9.70. The van der Waals surface area contributed by atoms with Crippen LogP contribution in [0.5, 0.6) is 0 Å². The highest BCUT2D eigenvalue weighted by Gasteiger charge is 2.39. The number of benzene rings is 1. The molecule has 0 bridgehead atoms. The van der Waals surface area contributed by atoms with Gasteiger partial charge in [-0.1, -0.05) is 63.6 Å². The average Bonchev–Trinajstić information content (AvgIpc) is 2.52. The van der Waals surface area contributed by atoms with E-state index in [1.54, 1.807) is 0 Å². The Morgan fingerprint density at radius 3 is 2.61 bits per heavy atom. The lowest BCUT2D eigenvalue weighted by Crippen LogP contribution is -2.36. The van der Waals surface area contributed by atoms with Crippen molar-refractivity contribution in [3.8, 4) is 0 Å². The van der Waals surface area contributed by atoms with E-state index < -0.39 is 0 Å². The Hall–Kier alpha value is -1.83. The summed E-state index contributed by atoms with van der Waals surface area (Å²) in [4.78, 5) is 15.3. The molecule has 122 valence electrons. The van der Waals surface area contributed by atoms with E-state index in [0.717, 1.165) is 25.0 Å². The van der Waals surface area contributed by atoms with E-state index in [4.69, 9.17) is 0 Å². The summed E-state index contributed by atoms with van der Waals surface area (Å²) in [6.45, 7) is 7.65. The highest BCUT2D eigenvalue weighted by molar-refractivity contribution is 5.99. The van der Waals surface area contributed by atoms with E-state index in [9.17, 15) is 4.79 Å². The third-order valence-corrected chi connectivity index (χ3v) is 4.92. The molecule has 3 rings (SSSR count). The number of carbonyl (C=O) groups excluding carboxylic acids is 1. The summed E-state index contributed by atoms with van der Waals surface area (Å²) in [5.41, 5.74) is 3.58. The maximum Gasteiger partial charge on any atom is 0.162 e. The Labute approximate surface area is 139 Å². The Bertz CT molecular complexity index is 639. The first-order valence-corrected chi connectivity index (χ1v) is 8.78. The van der Waals surface area contributed by atoms with Gasteiger partial charge >= 0.3 is 0 Å². The van der Waals surface area contributed by atoms with Crippen molar-refractivity contribution < 1.29 is 4.79 Å². The van der Waals surface area contributed by atoms with Crippen LogP contribution in [-0.4, -0.2) is 17.2 Å². The molecule has 23 heavy (non-hydrogen) atoms. The van der Waals surface area contributed by atoms with Crippen LogP contribution in [0.15, 0.2) is 53.9 Å². The molecule has 0 saturated heterocycles. The van der Waals surface area contributed by atoms with Gasteiger partial charge in [0, 0.05) is 36.4 Å². The zero-order valence-corrected chi connectivity index (χ0v) is 14.5. The number of nitrogens with zero attached hydrogens (tertiary/aromatic N) is 1. The van der Waals surface area contributed by atoms with Gasteiger partial charge in [-0.2, -0.15) is 0 Å². The van der Waals surface area contributed by atoms with Gasteiger partial charge in [0.05, 0.1) is 0 Å². The lowest BCUT2D eigenvalue weighted by molar-refractivity contribution is -0.118. The van der Waals surface area contributed by atoms with E-state index in [-0.39, 0.29) is 11.3 Å². The minimum absolute atomic E-state index is 0.0623. The predicted octanol–water partition coefficient (Wildman–Crippen LogP) is 5.04. The summed E-state index contributed by atoms with van der Waals surface area (Å²) in [6.07, 6.45) is 8.40. The Morgan fingerprint density at radius 1 is 1.17 bits per heavy atom. The molecule has 0 fully saturated rings. The van der Waals surface area contributed by atoms with Gasteiger partial charge in [-0.3, -0.25) is 4.79 Å². The summed E-state index contributed by atoms with van der Waals surface area (Å²) < 4.78 is 0. The largest absolute Gasteiger partial charge is 0.351 e. The van der Waals surface area contributed by atoms with Crippen LogP contribution in [0.3, 0.4) is 0 Å². The predicted molar refractivity (Wildman–Crippen MR) is 95.0 cm³/mol. The van der Waals surface area contributed by atoms with Crippen molar-refractivity contribution in [3.05, 3.63) is 59.4 Å². The minimum Gasteiger partial charge on any atom is -0.351 e. The van der Waals surface area contributed by atoms with Crippen LogP contribution in [0, 0.1) is 5.41 Å². The van der Waals surface area contributed by atoms with Gasteiger partial charge in [-0.15, -0.1) is 0 Å². The van der Waals surface area contributed by atoms with E-state index in [0.29, 0.717) is 12.2 Å². The van der Waals surface area contributed by atoms with Crippen molar-refractivity contribution in [2.75, 3.05) is 6.54 Å². The van der Waals surface area contributed by atoms with Gasteiger partial charge in [0.1, 0.15) is 0 Å². The van der Waals surface area contributed by atoms with Crippen molar-refractivity contribution in [2.24, 2.45) is 5.41 Å². The number of hydrogen-bond donors (Lipinski definition) is 0. The van der Waals surface area contributed by atoms with E-state index >= 15 is 0 Å². The maximum absolute atomic E-state index is 12.9. The van der Waals surface area contributed by atoms with Gasteiger partial charge in [0.15, 0.2) is 5.78 Å². The molecule has 0 spiro atoms. The van der Waals surface area contributed by atoms with Crippen molar-refractivity contribution in [2.45, 2.75) is 52.4 Å². The molecular formula is C21H27NO. The molecular weight excluding hydrogens is 282 g/mol. The number of rotatable bonds is 4. The summed E-state index contributed by atoms with van der Waals surface area (Å²) in [5.74, 6) is 0.448. The van der Waals surface area contributed by atoms with Crippen LogP contribution >= 0.6 is 0 Å². The molecule has 1 unspecified atom stereocenters. The van der Waals surface area contributed by atoms with Crippen LogP contribution in [0.2, 0.25) is 0 Å². The molecule has 2 nitrogen and oxygen atoms in total. The van der Waals surface area contributed by atoms with Crippen LogP contribution in [0.4, 0.5) is 0 Å². The molecule has 1 heterocycles. The third kappa shape index (κ3) is 3.26. The SMILES string of the molecule is CCCCN1C=CC(c2ccccc2)C2=C1CC(C)(C)CC2=O. The topological polar surface area (TPSA) is 20.3 Å². The summed E-state index contributed by atoms with van der Waals surface area (Å²) >= 11 is 0. The van der Waals surface area contributed by atoms with E-state index in [1.165, 1.54) is 17.7 Å². The van der Waals surface area contributed by atoms with E-state index in [1.807, 2.05) is 6.07 Å². The molecule has 1 aliphatic carbocycles. The second-order valence-corrected chi connectivity index (χ2v) is 7.58. The maximum atomic E-state index is 12.9. The monoisotopic (exact) mass is 309 g/mol. The fourth-order valence-corrected chi connectivity index (χ4v) is 3.76. The number of carbonyl (C=O) groups is 1. The number of hydrogen-bond acceptors (Lipinski definition) is 2. The summed E-state index contributed by atoms with van der Waals surface area (Å²) in [7, 11) is 0. The highest BCUT2D eigenvalue weighted by Crippen LogP contribution is 2.45. The van der Waals surface area contributed by atoms with E-state index in [2.05, 4.69) is 62.2 Å². The van der Waals surface area contributed by atoms with Gasteiger partial charge in [-0.05, 0) is 23.8 Å². The van der Waals surface area contributed by atoms with Crippen molar-refractivity contribution in [1.82, 2.24) is 4.90 Å². The molecule has 0 aromatic heterocycles. The molecule has 1 aliphatic heterocycles. The second kappa shape index (κ2) is 6.35. The third-order valence-electron chi connectivity index (χ3n) is 4.92. The first-order chi connectivity index (χ1) is 11.0. The number of Topliss-reactive ketones (excluding diaryl/α,β-unsaturated/α-hetero) is 1. The molecule has 0 amide bonds. The van der Waals surface area contributed by atoms with Crippen LogP contribution in [-0.2, 0) is 4.79 Å². The molecule has 1 aromatic rings. The van der Waals surface area contributed by atoms with Crippen molar-refractivity contribution >= 4 is 5.78 Å². The molecule has 0 saturated carbocycles. The van der Waals surface area contributed by atoms with Gasteiger partial charge in [0.2, 0.25) is 0 Å². The van der Waals surface area contributed by atoms with Crippen molar-refractivity contribution in [1.29, 1.82) is 0 Å². The first kappa shape index (κ1) is 16.0. The summed E-state index contributed by atoms with van der Waals surface area (Å²) in [6, 6.07) is 10.4. The molecule has 0 N–H and O–H groups in total. The quantitative estimate of drug-likeness (QED) is 0.776. The van der Waals surface area contributed by atoms with Gasteiger partial charge in [0.25, 0.3) is 0 Å². The lowest BCUT2D eigenvalue weighted by Gasteiger charge is -2.41. The number of allylic oxidation sites excluding steroid dienone is 3. The fourth-order valence-electron chi connectivity index (χ4n) is 3.76. The smallest absolute Gasteiger partial charge is 0.162 e. The van der Waals surface area contributed by atoms with Crippen LogP contribution in [0.25, 0.3) is 0 Å². The molecule has 0 radical (unpaired) electrons. The Morgan fingerprint density at radius 2 is 1.91 bits per heavy atom. The highest BCUT2D eigenvalue weighted by atomic mass is 16.1. The molecule has 1 atom stereocenters. The average molecular weight is 309 g/mol. The second-order valence-electron chi connectivity index (χ2n) is 7.58. The number of unbranched alkanes of at least 4 members (excludes halogenated alkanes) is 1. The van der Waals surface area contributed by atoms with Crippen molar-refractivity contribution in [3.63, 3.8) is 0 Å². The van der Waals surface area contributed by atoms with Gasteiger partial charge in [-0.25, -0.2) is 0 Å². The molecule has 1 aromatic carbocycles. The normalized spacial score (nSPS) is 23.2. The number of ketones is 1. The van der Waals surface area contributed by atoms with Gasteiger partial charge < -0.3 is 4.90 Å².